The second-order valence-electron chi connectivity index (χ2n) is 5.90. The molecule has 0 spiro atoms. The lowest BCUT2D eigenvalue weighted by molar-refractivity contribution is -0.119. The average molecular weight is 333 g/mol. The summed E-state index contributed by atoms with van der Waals surface area (Å²) in [5, 5.41) is 3.92. The van der Waals surface area contributed by atoms with Gasteiger partial charge in [-0.2, -0.15) is 5.10 Å². The highest BCUT2D eigenvalue weighted by atomic mass is 19.1. The topological polar surface area (TPSA) is 86.3 Å². The number of aromatic nitrogens is 3. The summed E-state index contributed by atoms with van der Waals surface area (Å²) in [6, 6.07) is 4.90. The molecule has 0 radical (unpaired) electrons. The van der Waals surface area contributed by atoms with Crippen LogP contribution in [0.25, 0.3) is 5.69 Å². The molecular formula is C16H20FN5O2. The number of amides is 1. The van der Waals surface area contributed by atoms with Gasteiger partial charge in [0.1, 0.15) is 24.2 Å². The molecule has 24 heavy (non-hydrogen) atoms. The SMILES string of the molecule is NC(=O)CN(Cc1ccc(-n2cncn2)c(F)c1)C[C@@H]1CCCO1. The number of carbonyl (C=O) groups excluding carboxylic acids is 1. The zero-order valence-electron chi connectivity index (χ0n) is 13.3. The molecule has 1 amide bonds. The Morgan fingerprint density at radius 3 is 3.00 bits per heavy atom. The Kier molecular flexibility index (Phi) is 5.17. The van der Waals surface area contributed by atoms with Gasteiger partial charge in [-0.1, -0.05) is 6.07 Å². The van der Waals surface area contributed by atoms with Gasteiger partial charge in [0.2, 0.25) is 5.91 Å². The minimum Gasteiger partial charge on any atom is -0.377 e. The molecule has 0 aliphatic carbocycles. The number of hydrogen-bond donors (Lipinski definition) is 1. The van der Waals surface area contributed by atoms with E-state index in [2.05, 4.69) is 10.1 Å². The quantitative estimate of drug-likeness (QED) is 0.813. The van der Waals surface area contributed by atoms with Crippen molar-refractivity contribution in [2.45, 2.75) is 25.5 Å². The van der Waals surface area contributed by atoms with E-state index < -0.39 is 11.7 Å². The third-order valence-corrected chi connectivity index (χ3v) is 3.95. The molecule has 1 aromatic heterocycles. The number of nitrogens with two attached hydrogens (primary N) is 1. The second-order valence-corrected chi connectivity index (χ2v) is 5.90. The van der Waals surface area contributed by atoms with Crippen molar-refractivity contribution < 1.29 is 13.9 Å². The number of primary amides is 1. The van der Waals surface area contributed by atoms with Crippen molar-refractivity contribution in [2.24, 2.45) is 5.73 Å². The van der Waals surface area contributed by atoms with E-state index in [1.54, 1.807) is 6.07 Å². The van der Waals surface area contributed by atoms with Crippen molar-refractivity contribution in [1.29, 1.82) is 0 Å². The van der Waals surface area contributed by atoms with Crippen LogP contribution in [0.3, 0.4) is 0 Å². The third-order valence-electron chi connectivity index (χ3n) is 3.95. The molecule has 2 N–H and O–H groups in total. The highest BCUT2D eigenvalue weighted by molar-refractivity contribution is 5.75. The average Bonchev–Trinajstić information content (AvgIpc) is 3.20. The molecule has 1 fully saturated rings. The first-order valence-corrected chi connectivity index (χ1v) is 7.87. The Balaban J connectivity index is 1.71. The molecule has 8 heteroatoms. The van der Waals surface area contributed by atoms with Crippen LogP contribution in [0, 0.1) is 5.82 Å². The lowest BCUT2D eigenvalue weighted by atomic mass is 10.1. The van der Waals surface area contributed by atoms with Gasteiger partial charge in [-0.05, 0) is 30.5 Å². The number of hydrogen-bond acceptors (Lipinski definition) is 5. The van der Waals surface area contributed by atoms with E-state index in [4.69, 9.17) is 10.5 Å². The number of nitrogens with zero attached hydrogens (tertiary/aromatic N) is 4. The molecule has 1 atom stereocenters. The van der Waals surface area contributed by atoms with Gasteiger partial charge in [0.05, 0.1) is 12.6 Å². The smallest absolute Gasteiger partial charge is 0.231 e. The summed E-state index contributed by atoms with van der Waals surface area (Å²) < 4.78 is 21.3. The summed E-state index contributed by atoms with van der Waals surface area (Å²) in [4.78, 5) is 17.0. The normalized spacial score (nSPS) is 17.5. The fourth-order valence-electron chi connectivity index (χ4n) is 2.91. The highest BCUT2D eigenvalue weighted by Gasteiger charge is 2.20. The van der Waals surface area contributed by atoms with Gasteiger partial charge in [-0.3, -0.25) is 9.69 Å². The molecule has 0 bridgehead atoms. The second kappa shape index (κ2) is 7.50. The molecule has 1 saturated heterocycles. The van der Waals surface area contributed by atoms with Crippen molar-refractivity contribution in [1.82, 2.24) is 19.7 Å². The first-order chi connectivity index (χ1) is 11.6. The third kappa shape index (κ3) is 4.15. The summed E-state index contributed by atoms with van der Waals surface area (Å²) in [6.07, 6.45) is 4.88. The van der Waals surface area contributed by atoms with Crippen LogP contribution < -0.4 is 5.73 Å². The first kappa shape index (κ1) is 16.5. The summed E-state index contributed by atoms with van der Waals surface area (Å²) in [5.74, 6) is -0.804. The fraction of sp³-hybridized carbons (Fsp3) is 0.438. The van der Waals surface area contributed by atoms with E-state index in [0.29, 0.717) is 18.8 Å². The van der Waals surface area contributed by atoms with Crippen LogP contribution in [0.5, 0.6) is 0 Å². The van der Waals surface area contributed by atoms with Crippen LogP contribution in [-0.4, -0.2) is 51.4 Å². The van der Waals surface area contributed by atoms with E-state index >= 15 is 0 Å². The molecule has 128 valence electrons. The van der Waals surface area contributed by atoms with Crippen LogP contribution in [0.2, 0.25) is 0 Å². The van der Waals surface area contributed by atoms with Crippen molar-refractivity contribution in [3.8, 4) is 5.69 Å². The zero-order chi connectivity index (χ0) is 16.9. The molecule has 3 rings (SSSR count). The molecule has 2 heterocycles. The lowest BCUT2D eigenvalue weighted by Gasteiger charge is -2.24. The number of ether oxygens (including phenoxy) is 1. The largest absolute Gasteiger partial charge is 0.377 e. The van der Waals surface area contributed by atoms with E-state index in [9.17, 15) is 9.18 Å². The maximum Gasteiger partial charge on any atom is 0.231 e. The van der Waals surface area contributed by atoms with Gasteiger partial charge in [0.25, 0.3) is 0 Å². The number of halogens is 1. The van der Waals surface area contributed by atoms with Gasteiger partial charge in [-0.15, -0.1) is 0 Å². The van der Waals surface area contributed by atoms with Gasteiger partial charge in [0.15, 0.2) is 0 Å². The summed E-state index contributed by atoms with van der Waals surface area (Å²) in [5.41, 5.74) is 6.42. The van der Waals surface area contributed by atoms with Crippen LogP contribution in [0.1, 0.15) is 18.4 Å². The number of benzene rings is 1. The van der Waals surface area contributed by atoms with Crippen LogP contribution in [-0.2, 0) is 16.1 Å². The maximum atomic E-state index is 14.3. The number of carbonyl (C=O) groups is 1. The molecule has 1 aliphatic heterocycles. The Morgan fingerprint density at radius 1 is 1.50 bits per heavy atom. The molecule has 7 nitrogen and oxygen atoms in total. The van der Waals surface area contributed by atoms with Crippen LogP contribution >= 0.6 is 0 Å². The van der Waals surface area contributed by atoms with E-state index in [-0.39, 0.29) is 12.6 Å². The summed E-state index contributed by atoms with van der Waals surface area (Å²) in [7, 11) is 0. The molecule has 1 aromatic carbocycles. The van der Waals surface area contributed by atoms with Gasteiger partial charge in [-0.25, -0.2) is 14.1 Å². The van der Waals surface area contributed by atoms with Crippen molar-refractivity contribution >= 4 is 5.91 Å². The summed E-state index contributed by atoms with van der Waals surface area (Å²) >= 11 is 0. The van der Waals surface area contributed by atoms with Crippen LogP contribution in [0.4, 0.5) is 4.39 Å². The predicted octanol–water partition coefficient (Wildman–Crippen LogP) is 0.873. The van der Waals surface area contributed by atoms with E-state index in [1.807, 2.05) is 11.0 Å². The summed E-state index contributed by atoms with van der Waals surface area (Å²) in [6.45, 7) is 1.90. The Morgan fingerprint density at radius 2 is 2.38 bits per heavy atom. The standard InChI is InChI=1S/C16H20FN5O2/c17-14-6-12(3-4-15(14)22-11-19-10-20-22)7-21(9-16(18)23)8-13-2-1-5-24-13/h3-4,6,10-11,13H,1-2,5,7-9H2,(H2,18,23)/t13-/m0/s1. The fourth-order valence-corrected chi connectivity index (χ4v) is 2.91. The van der Waals surface area contributed by atoms with Crippen molar-refractivity contribution in [3.05, 3.63) is 42.2 Å². The zero-order valence-corrected chi connectivity index (χ0v) is 13.3. The van der Waals surface area contributed by atoms with Gasteiger partial charge in [0, 0.05) is 19.7 Å². The Bertz CT molecular complexity index is 686. The predicted molar refractivity (Wildman–Crippen MR) is 84.8 cm³/mol. The van der Waals surface area contributed by atoms with Crippen molar-refractivity contribution in [3.63, 3.8) is 0 Å². The molecule has 1 aliphatic rings. The highest BCUT2D eigenvalue weighted by Crippen LogP contribution is 2.18. The van der Waals surface area contributed by atoms with Gasteiger partial charge >= 0.3 is 0 Å². The van der Waals surface area contributed by atoms with Gasteiger partial charge < -0.3 is 10.5 Å². The minimum absolute atomic E-state index is 0.101. The Labute approximate surface area is 139 Å². The van der Waals surface area contributed by atoms with Crippen molar-refractivity contribution in [2.75, 3.05) is 19.7 Å². The van der Waals surface area contributed by atoms with E-state index in [1.165, 1.54) is 23.4 Å². The first-order valence-electron chi connectivity index (χ1n) is 7.87. The lowest BCUT2D eigenvalue weighted by Crippen LogP contribution is -2.38. The van der Waals surface area contributed by atoms with E-state index in [0.717, 1.165) is 25.0 Å². The maximum absolute atomic E-state index is 14.3. The molecule has 0 unspecified atom stereocenters. The Hall–Kier alpha value is -2.32. The minimum atomic E-state index is -0.410. The monoisotopic (exact) mass is 333 g/mol. The number of rotatable bonds is 7. The molecule has 0 saturated carbocycles. The van der Waals surface area contributed by atoms with Crippen LogP contribution in [0.15, 0.2) is 30.9 Å². The molecule has 2 aromatic rings. The molecular weight excluding hydrogens is 313 g/mol.